The molecule has 6 heteroatoms. The van der Waals surface area contributed by atoms with Gasteiger partial charge < -0.3 is 9.28 Å². The van der Waals surface area contributed by atoms with E-state index >= 15 is 0 Å². The molecule has 12 heavy (non-hydrogen) atoms. The molecule has 1 unspecified atom stereocenters. The predicted molar refractivity (Wildman–Crippen MR) is 43.1 cm³/mol. The molecular weight excluding hydrogens is 209 g/mol. The van der Waals surface area contributed by atoms with Crippen molar-refractivity contribution in [3.63, 3.8) is 0 Å². The van der Waals surface area contributed by atoms with Crippen molar-refractivity contribution >= 4 is 22.9 Å². The van der Waals surface area contributed by atoms with Crippen LogP contribution in [0.2, 0.25) is 0 Å². The summed E-state index contributed by atoms with van der Waals surface area (Å²) >= 11 is 3.27. The maximum absolute atomic E-state index is 11.0. The first kappa shape index (κ1) is 12.6. The summed E-state index contributed by atoms with van der Waals surface area (Å²) in [5, 5.41) is 0. The number of benzene rings is 1. The van der Waals surface area contributed by atoms with Crippen LogP contribution in [0.15, 0.2) is 35.2 Å². The fourth-order valence-corrected chi connectivity index (χ4v) is 1.27. The molecule has 0 saturated heterocycles. The van der Waals surface area contributed by atoms with Crippen molar-refractivity contribution in [1.82, 2.24) is 0 Å². The Hall–Kier alpha value is 0.580. The third-order valence-electron chi connectivity index (χ3n) is 1.03. The second-order valence-corrected chi connectivity index (χ2v) is 2.92. The summed E-state index contributed by atoms with van der Waals surface area (Å²) in [5.41, 5.74) is 0. The molecule has 0 saturated carbocycles. The second kappa shape index (κ2) is 7.03. The van der Waals surface area contributed by atoms with Gasteiger partial charge in [0, 0.05) is 0 Å². The van der Waals surface area contributed by atoms with Gasteiger partial charge in [-0.2, -0.15) is 0 Å². The van der Waals surface area contributed by atoms with Gasteiger partial charge >= 0.3 is 29.6 Å². The second-order valence-electron chi connectivity index (χ2n) is 1.69. The van der Waals surface area contributed by atoms with E-state index in [4.69, 9.17) is 11.8 Å². The summed E-state index contributed by atoms with van der Waals surface area (Å²) in [5.74, 6) is 0. The average molecular weight is 214 g/mol. The molecule has 3 nitrogen and oxygen atoms in total. The zero-order valence-corrected chi connectivity index (χ0v) is 10.0. The summed E-state index contributed by atoms with van der Waals surface area (Å²) in [4.78, 5) is 3.32. The SMILES string of the molecule is O=S(O[N-]Cl)c1ccccc1.[Na+]. The molecule has 0 bridgehead atoms. The molecular formula is C6H5ClNNaO2S. The normalized spacial score (nSPS) is 11.8. The molecule has 1 rings (SSSR count). The van der Waals surface area contributed by atoms with E-state index in [-0.39, 0.29) is 29.6 Å². The Balaban J connectivity index is 0.00000121. The quantitative estimate of drug-likeness (QED) is 0.486. The third kappa shape index (κ3) is 4.00. The molecule has 0 amide bonds. The first-order valence-corrected chi connectivity index (χ1v) is 4.21. The molecule has 0 aliphatic rings. The van der Waals surface area contributed by atoms with E-state index in [0.717, 1.165) is 0 Å². The monoisotopic (exact) mass is 213 g/mol. The molecule has 0 aliphatic heterocycles. The number of halogens is 1. The fraction of sp³-hybridized carbons (Fsp3) is 0. The average Bonchev–Trinajstić information content (AvgIpc) is 2.07. The van der Waals surface area contributed by atoms with Crippen molar-refractivity contribution in [2.45, 2.75) is 4.90 Å². The van der Waals surface area contributed by atoms with Crippen LogP contribution in [-0.4, -0.2) is 4.21 Å². The number of hydrogen-bond donors (Lipinski definition) is 0. The smallest absolute Gasteiger partial charge is 0.432 e. The van der Waals surface area contributed by atoms with Crippen LogP contribution < -0.4 is 29.6 Å². The maximum atomic E-state index is 11.0. The largest absolute Gasteiger partial charge is 1.00 e. The summed E-state index contributed by atoms with van der Waals surface area (Å²) in [6.45, 7) is 0. The minimum absolute atomic E-state index is 0. The van der Waals surface area contributed by atoms with E-state index in [2.05, 4.69) is 9.28 Å². The molecule has 0 spiro atoms. The summed E-state index contributed by atoms with van der Waals surface area (Å²) in [7, 11) is 0. The topological polar surface area (TPSA) is 40.4 Å². The fourth-order valence-electron chi connectivity index (χ4n) is 0.600. The van der Waals surface area contributed by atoms with Crippen LogP contribution in [0.5, 0.6) is 0 Å². The first-order valence-electron chi connectivity index (χ1n) is 2.80. The summed E-state index contributed by atoms with van der Waals surface area (Å²) in [6.07, 6.45) is 0. The first-order chi connectivity index (χ1) is 5.34. The van der Waals surface area contributed by atoms with Gasteiger partial charge in [-0.15, -0.1) is 0 Å². The Labute approximate surface area is 100 Å². The standard InChI is InChI=1S/C6H5ClNO2S.Na/c7-8-10-11(9)6-4-2-1-3-5-6;/h1-5H;/q-1;+1. The zero-order valence-electron chi connectivity index (χ0n) is 6.44. The van der Waals surface area contributed by atoms with Crippen molar-refractivity contribution in [2.75, 3.05) is 0 Å². The van der Waals surface area contributed by atoms with Gasteiger partial charge in [-0.25, -0.2) is 16.0 Å². The van der Waals surface area contributed by atoms with E-state index in [1.54, 1.807) is 24.3 Å². The molecule has 0 N–H and O–H groups in total. The third-order valence-corrected chi connectivity index (χ3v) is 2.05. The van der Waals surface area contributed by atoms with Crippen LogP contribution in [0.4, 0.5) is 0 Å². The number of hydrogen-bond acceptors (Lipinski definition) is 2. The van der Waals surface area contributed by atoms with Crippen LogP contribution in [0, 0.1) is 0 Å². The van der Waals surface area contributed by atoms with Gasteiger partial charge in [-0.3, -0.25) is 0 Å². The van der Waals surface area contributed by atoms with Crippen molar-refractivity contribution in [3.05, 3.63) is 35.3 Å². The van der Waals surface area contributed by atoms with Gasteiger partial charge in [-0.05, 0) is 12.1 Å². The molecule has 0 heterocycles. The maximum Gasteiger partial charge on any atom is 1.00 e. The Morgan fingerprint density at radius 2 is 1.92 bits per heavy atom. The van der Waals surface area contributed by atoms with Crippen LogP contribution in [0.25, 0.3) is 5.00 Å². The molecule has 0 fully saturated rings. The molecule has 0 radical (unpaired) electrons. The van der Waals surface area contributed by atoms with E-state index in [1.807, 2.05) is 6.07 Å². The van der Waals surface area contributed by atoms with Gasteiger partial charge in [0.05, 0.1) is 4.90 Å². The zero-order chi connectivity index (χ0) is 8.10. The van der Waals surface area contributed by atoms with Crippen molar-refractivity contribution in [3.8, 4) is 0 Å². The van der Waals surface area contributed by atoms with E-state index in [9.17, 15) is 4.21 Å². The van der Waals surface area contributed by atoms with Gasteiger partial charge in [0.1, 0.15) is 0 Å². The van der Waals surface area contributed by atoms with Crippen LogP contribution in [0.1, 0.15) is 0 Å². The van der Waals surface area contributed by atoms with E-state index in [1.165, 1.54) is 0 Å². The van der Waals surface area contributed by atoms with Crippen molar-refractivity contribution in [1.29, 1.82) is 0 Å². The summed E-state index contributed by atoms with van der Waals surface area (Å²) in [6, 6.07) is 8.66. The predicted octanol–water partition coefficient (Wildman–Crippen LogP) is -0.828. The van der Waals surface area contributed by atoms with Crippen LogP contribution >= 0.6 is 11.8 Å². The Morgan fingerprint density at radius 3 is 2.42 bits per heavy atom. The Morgan fingerprint density at radius 1 is 1.33 bits per heavy atom. The molecule has 60 valence electrons. The van der Waals surface area contributed by atoms with Crippen LogP contribution in [-0.2, 0) is 15.4 Å². The van der Waals surface area contributed by atoms with Gasteiger partial charge in [0.2, 0.25) is 0 Å². The van der Waals surface area contributed by atoms with Crippen LogP contribution in [0.3, 0.4) is 0 Å². The minimum atomic E-state index is -1.58. The van der Waals surface area contributed by atoms with E-state index in [0.29, 0.717) is 4.90 Å². The van der Waals surface area contributed by atoms with Crippen molar-refractivity contribution in [2.24, 2.45) is 0 Å². The van der Waals surface area contributed by atoms with Crippen molar-refractivity contribution < 1.29 is 38.0 Å². The number of rotatable bonds is 3. The molecule has 1 atom stereocenters. The van der Waals surface area contributed by atoms with E-state index < -0.39 is 11.1 Å². The number of nitrogens with zero attached hydrogens (tertiary/aromatic N) is 1. The van der Waals surface area contributed by atoms with Gasteiger partial charge in [0.25, 0.3) is 0 Å². The Kier molecular flexibility index (Phi) is 7.37. The Bertz CT molecular complexity index is 247. The molecule has 1 aromatic rings. The van der Waals surface area contributed by atoms with Gasteiger partial charge in [-0.1, -0.05) is 18.2 Å². The molecule has 0 aliphatic carbocycles. The summed E-state index contributed by atoms with van der Waals surface area (Å²) < 4.78 is 15.2. The minimum Gasteiger partial charge on any atom is -0.432 e. The molecule has 0 aromatic heterocycles. The molecule has 1 aromatic carbocycles. The van der Waals surface area contributed by atoms with Gasteiger partial charge in [0.15, 0.2) is 11.1 Å².